The Morgan fingerprint density at radius 3 is 2.52 bits per heavy atom. The lowest BCUT2D eigenvalue weighted by Gasteiger charge is -2.29. The van der Waals surface area contributed by atoms with Crippen LogP contribution in [0.25, 0.3) is 0 Å². The molecule has 2 aromatic carbocycles. The van der Waals surface area contributed by atoms with Crippen molar-refractivity contribution in [3.8, 4) is 5.75 Å². The second-order valence-corrected chi connectivity index (χ2v) is 5.55. The Morgan fingerprint density at radius 1 is 1.22 bits per heavy atom. The highest BCUT2D eigenvalue weighted by Crippen LogP contribution is 2.24. The Balaban J connectivity index is 2.13. The van der Waals surface area contributed by atoms with Gasteiger partial charge in [0.1, 0.15) is 5.75 Å². The van der Waals surface area contributed by atoms with Crippen LogP contribution in [-0.4, -0.2) is 24.5 Å². The number of likely N-dealkylation sites (N-methyl/N-ethyl adjacent to an activating group) is 1. The van der Waals surface area contributed by atoms with Crippen LogP contribution < -0.4 is 10.5 Å². The number of hydrogen-bond donors (Lipinski definition) is 1. The molecule has 2 N–H and O–H groups in total. The standard InChI is InChI=1S/C19H24N2O2/c1-4-21(14(2)16-6-5-7-18(13-16)23-3)19(22)12-15-8-10-17(20)11-9-15/h5-11,13-14H,4,12,20H2,1-3H3. The molecule has 1 unspecified atom stereocenters. The number of carbonyl (C=O) groups excluding carboxylic acids is 1. The van der Waals surface area contributed by atoms with Gasteiger partial charge in [-0.2, -0.15) is 0 Å². The first-order valence-electron chi connectivity index (χ1n) is 7.83. The highest BCUT2D eigenvalue weighted by molar-refractivity contribution is 5.79. The number of anilines is 1. The van der Waals surface area contributed by atoms with E-state index in [1.165, 1.54) is 0 Å². The number of methoxy groups -OCH3 is 1. The topological polar surface area (TPSA) is 55.6 Å². The third-order valence-electron chi connectivity index (χ3n) is 4.04. The van der Waals surface area contributed by atoms with Gasteiger partial charge in [0, 0.05) is 12.2 Å². The summed E-state index contributed by atoms with van der Waals surface area (Å²) in [6, 6.07) is 15.3. The fourth-order valence-corrected chi connectivity index (χ4v) is 2.66. The molecule has 0 radical (unpaired) electrons. The highest BCUT2D eigenvalue weighted by Gasteiger charge is 2.20. The van der Waals surface area contributed by atoms with Gasteiger partial charge in [0.05, 0.1) is 19.6 Å². The molecule has 0 aromatic heterocycles. The maximum atomic E-state index is 12.7. The van der Waals surface area contributed by atoms with Crippen molar-refractivity contribution in [2.75, 3.05) is 19.4 Å². The molecule has 0 aliphatic rings. The van der Waals surface area contributed by atoms with Crippen LogP contribution in [0.4, 0.5) is 5.69 Å². The lowest BCUT2D eigenvalue weighted by molar-refractivity contribution is -0.132. The molecule has 0 saturated carbocycles. The minimum atomic E-state index is -0.00335. The summed E-state index contributed by atoms with van der Waals surface area (Å²) in [6.45, 7) is 4.70. The zero-order valence-electron chi connectivity index (χ0n) is 14.0. The molecule has 2 aromatic rings. The summed E-state index contributed by atoms with van der Waals surface area (Å²) in [5.74, 6) is 0.906. The molecule has 2 rings (SSSR count). The lowest BCUT2D eigenvalue weighted by Crippen LogP contribution is -2.34. The van der Waals surface area contributed by atoms with Gasteiger partial charge in [-0.3, -0.25) is 4.79 Å². The van der Waals surface area contributed by atoms with Crippen molar-refractivity contribution in [2.24, 2.45) is 0 Å². The number of nitrogens with two attached hydrogens (primary N) is 1. The van der Waals surface area contributed by atoms with E-state index in [1.54, 1.807) is 7.11 Å². The van der Waals surface area contributed by atoms with Gasteiger partial charge in [0.2, 0.25) is 5.91 Å². The van der Waals surface area contributed by atoms with Gasteiger partial charge in [-0.25, -0.2) is 0 Å². The van der Waals surface area contributed by atoms with Crippen molar-refractivity contribution < 1.29 is 9.53 Å². The Kier molecular flexibility index (Phi) is 5.63. The quantitative estimate of drug-likeness (QED) is 0.831. The zero-order valence-corrected chi connectivity index (χ0v) is 14.0. The first-order valence-corrected chi connectivity index (χ1v) is 7.83. The highest BCUT2D eigenvalue weighted by atomic mass is 16.5. The summed E-state index contributed by atoms with van der Waals surface area (Å²) in [5, 5.41) is 0. The number of nitrogens with zero attached hydrogens (tertiary/aromatic N) is 1. The minimum Gasteiger partial charge on any atom is -0.497 e. The molecule has 0 bridgehead atoms. The van der Waals surface area contributed by atoms with Crippen molar-refractivity contribution >= 4 is 11.6 Å². The molecule has 0 aliphatic carbocycles. The Bertz CT molecular complexity index is 653. The van der Waals surface area contributed by atoms with Gasteiger partial charge < -0.3 is 15.4 Å². The number of hydrogen-bond acceptors (Lipinski definition) is 3. The second kappa shape index (κ2) is 7.68. The van der Waals surface area contributed by atoms with E-state index in [0.717, 1.165) is 16.9 Å². The van der Waals surface area contributed by atoms with Crippen LogP contribution in [0.15, 0.2) is 48.5 Å². The number of benzene rings is 2. The molecule has 0 saturated heterocycles. The smallest absolute Gasteiger partial charge is 0.227 e. The summed E-state index contributed by atoms with van der Waals surface area (Å²) in [7, 11) is 1.65. The lowest BCUT2D eigenvalue weighted by atomic mass is 10.0. The normalized spacial score (nSPS) is 11.8. The van der Waals surface area contributed by atoms with Gasteiger partial charge in [-0.15, -0.1) is 0 Å². The van der Waals surface area contributed by atoms with Crippen molar-refractivity contribution in [2.45, 2.75) is 26.3 Å². The SMILES string of the molecule is CCN(C(=O)Cc1ccc(N)cc1)C(C)c1cccc(OC)c1. The van der Waals surface area contributed by atoms with Crippen LogP contribution >= 0.6 is 0 Å². The first-order chi connectivity index (χ1) is 11.0. The molecule has 1 atom stereocenters. The average Bonchev–Trinajstić information content (AvgIpc) is 2.57. The molecular weight excluding hydrogens is 288 g/mol. The largest absolute Gasteiger partial charge is 0.497 e. The van der Waals surface area contributed by atoms with Crippen LogP contribution in [0.3, 0.4) is 0 Å². The molecule has 0 fully saturated rings. The van der Waals surface area contributed by atoms with Gasteiger partial charge in [-0.1, -0.05) is 24.3 Å². The van der Waals surface area contributed by atoms with E-state index in [1.807, 2.05) is 67.3 Å². The van der Waals surface area contributed by atoms with Crippen LogP contribution in [0, 0.1) is 0 Å². The fraction of sp³-hybridized carbons (Fsp3) is 0.316. The maximum absolute atomic E-state index is 12.7. The molecule has 0 spiro atoms. The number of rotatable bonds is 6. The number of carbonyl (C=O) groups is 1. The Hall–Kier alpha value is -2.49. The van der Waals surface area contributed by atoms with Crippen molar-refractivity contribution in [3.63, 3.8) is 0 Å². The van der Waals surface area contributed by atoms with Crippen molar-refractivity contribution in [3.05, 3.63) is 59.7 Å². The molecule has 1 amide bonds. The predicted molar refractivity (Wildman–Crippen MR) is 93.4 cm³/mol. The van der Waals surface area contributed by atoms with Crippen LogP contribution in [0.2, 0.25) is 0 Å². The van der Waals surface area contributed by atoms with Gasteiger partial charge in [0.15, 0.2) is 0 Å². The zero-order chi connectivity index (χ0) is 16.8. The van der Waals surface area contributed by atoms with Crippen LogP contribution in [0.1, 0.15) is 31.0 Å². The summed E-state index contributed by atoms with van der Waals surface area (Å²) in [4.78, 5) is 14.5. The molecule has 0 heterocycles. The van der Waals surface area contributed by atoms with E-state index >= 15 is 0 Å². The maximum Gasteiger partial charge on any atom is 0.227 e. The molecule has 23 heavy (non-hydrogen) atoms. The molecule has 122 valence electrons. The Labute approximate surface area is 137 Å². The van der Waals surface area contributed by atoms with Gasteiger partial charge in [0.25, 0.3) is 0 Å². The summed E-state index contributed by atoms with van der Waals surface area (Å²) in [5.41, 5.74) is 8.43. The molecule has 4 nitrogen and oxygen atoms in total. The van der Waals surface area contributed by atoms with E-state index in [-0.39, 0.29) is 11.9 Å². The molecule has 4 heteroatoms. The first kappa shape index (κ1) is 16.9. The minimum absolute atomic E-state index is 0.00335. The number of amides is 1. The van der Waals surface area contributed by atoms with Crippen LogP contribution in [-0.2, 0) is 11.2 Å². The fourth-order valence-electron chi connectivity index (χ4n) is 2.66. The van der Waals surface area contributed by atoms with Crippen molar-refractivity contribution in [1.82, 2.24) is 4.90 Å². The van der Waals surface area contributed by atoms with Crippen LogP contribution in [0.5, 0.6) is 5.75 Å². The molecule has 0 aliphatic heterocycles. The second-order valence-electron chi connectivity index (χ2n) is 5.55. The van der Waals surface area contributed by atoms with E-state index < -0.39 is 0 Å². The average molecular weight is 312 g/mol. The summed E-state index contributed by atoms with van der Waals surface area (Å²) in [6.07, 6.45) is 0.377. The summed E-state index contributed by atoms with van der Waals surface area (Å²) < 4.78 is 5.27. The van der Waals surface area contributed by atoms with Gasteiger partial charge >= 0.3 is 0 Å². The number of nitrogen functional groups attached to an aromatic ring is 1. The van der Waals surface area contributed by atoms with E-state index in [9.17, 15) is 4.79 Å². The van der Waals surface area contributed by atoms with E-state index in [4.69, 9.17) is 10.5 Å². The molecular formula is C19H24N2O2. The third-order valence-corrected chi connectivity index (χ3v) is 4.04. The monoisotopic (exact) mass is 312 g/mol. The number of ether oxygens (including phenoxy) is 1. The van der Waals surface area contributed by atoms with E-state index in [2.05, 4.69) is 0 Å². The third kappa shape index (κ3) is 4.25. The van der Waals surface area contributed by atoms with Gasteiger partial charge in [-0.05, 0) is 49.2 Å². The summed E-state index contributed by atoms with van der Waals surface area (Å²) >= 11 is 0. The van der Waals surface area contributed by atoms with Crippen molar-refractivity contribution in [1.29, 1.82) is 0 Å². The Morgan fingerprint density at radius 2 is 1.91 bits per heavy atom. The van der Waals surface area contributed by atoms with E-state index in [0.29, 0.717) is 18.7 Å². The predicted octanol–water partition coefficient (Wildman–Crippen LogP) is 3.43.